The number of piperidine rings is 1. The van der Waals surface area contributed by atoms with Crippen molar-refractivity contribution in [1.29, 1.82) is 0 Å². The first-order chi connectivity index (χ1) is 9.04. The fourth-order valence-corrected chi connectivity index (χ4v) is 2.44. The molecular formula is C12H14F4N2O. The molecule has 19 heavy (non-hydrogen) atoms. The molecule has 1 unspecified atom stereocenters. The number of hydrogen-bond donors (Lipinski definition) is 1. The summed E-state index contributed by atoms with van der Waals surface area (Å²) >= 11 is 0. The molecule has 3 nitrogen and oxygen atoms in total. The molecule has 2 rings (SSSR count). The highest BCUT2D eigenvalue weighted by molar-refractivity contribution is 5.48. The van der Waals surface area contributed by atoms with Crippen molar-refractivity contribution in [3.05, 3.63) is 23.5 Å². The smallest absolute Gasteiger partial charge is 0.253 e. The van der Waals surface area contributed by atoms with Crippen LogP contribution in [0.15, 0.2) is 0 Å². The summed E-state index contributed by atoms with van der Waals surface area (Å²) in [5.41, 5.74) is -0.701. The molecule has 106 valence electrons. The van der Waals surface area contributed by atoms with Gasteiger partial charge in [0.1, 0.15) is 5.69 Å². The van der Waals surface area contributed by atoms with Crippen LogP contribution in [-0.4, -0.2) is 29.8 Å². The van der Waals surface area contributed by atoms with E-state index in [4.69, 9.17) is 5.11 Å². The van der Waals surface area contributed by atoms with Crippen LogP contribution in [0.1, 0.15) is 19.3 Å². The Bertz CT molecular complexity index is 441. The SMILES string of the molecule is OCCC1CCCN(c2c(F)c(F)nc(F)c2F)C1. The van der Waals surface area contributed by atoms with E-state index in [-0.39, 0.29) is 19.1 Å². The molecule has 0 aliphatic carbocycles. The van der Waals surface area contributed by atoms with Gasteiger partial charge >= 0.3 is 0 Å². The maximum absolute atomic E-state index is 13.6. The first-order valence-corrected chi connectivity index (χ1v) is 6.10. The Morgan fingerprint density at radius 1 is 1.16 bits per heavy atom. The van der Waals surface area contributed by atoms with Gasteiger partial charge in [0.15, 0.2) is 0 Å². The first-order valence-electron chi connectivity index (χ1n) is 6.10. The third-order valence-electron chi connectivity index (χ3n) is 3.35. The normalized spacial score (nSPS) is 19.8. The maximum atomic E-state index is 13.6. The number of nitrogens with zero attached hydrogens (tertiary/aromatic N) is 2. The van der Waals surface area contributed by atoms with Gasteiger partial charge in [-0.25, -0.2) is 0 Å². The van der Waals surface area contributed by atoms with E-state index in [9.17, 15) is 17.6 Å². The molecule has 1 aromatic rings. The monoisotopic (exact) mass is 278 g/mol. The van der Waals surface area contributed by atoms with Crippen molar-refractivity contribution >= 4 is 5.69 Å². The van der Waals surface area contributed by atoms with Crippen LogP contribution in [0.5, 0.6) is 0 Å². The lowest BCUT2D eigenvalue weighted by Crippen LogP contribution is -2.37. The van der Waals surface area contributed by atoms with E-state index < -0.39 is 29.2 Å². The zero-order chi connectivity index (χ0) is 14.0. The van der Waals surface area contributed by atoms with Crippen LogP contribution in [0.3, 0.4) is 0 Å². The van der Waals surface area contributed by atoms with Crippen molar-refractivity contribution in [3.63, 3.8) is 0 Å². The summed E-state index contributed by atoms with van der Waals surface area (Å²) < 4.78 is 53.3. The molecule has 1 aliphatic rings. The molecular weight excluding hydrogens is 264 g/mol. The Labute approximate surface area is 107 Å². The highest BCUT2D eigenvalue weighted by Gasteiger charge is 2.28. The molecule has 1 N–H and O–H groups in total. The van der Waals surface area contributed by atoms with E-state index in [2.05, 4.69) is 4.98 Å². The lowest BCUT2D eigenvalue weighted by atomic mass is 9.95. The number of hydrogen-bond acceptors (Lipinski definition) is 3. The van der Waals surface area contributed by atoms with Crippen LogP contribution in [0.25, 0.3) is 0 Å². The molecule has 2 heterocycles. The van der Waals surface area contributed by atoms with Gasteiger partial charge in [0.25, 0.3) is 11.9 Å². The van der Waals surface area contributed by atoms with Crippen LogP contribution >= 0.6 is 0 Å². The summed E-state index contributed by atoms with van der Waals surface area (Å²) in [6, 6.07) is 0. The fourth-order valence-electron chi connectivity index (χ4n) is 2.44. The van der Waals surface area contributed by atoms with E-state index >= 15 is 0 Å². The van der Waals surface area contributed by atoms with Gasteiger partial charge in [0.2, 0.25) is 11.6 Å². The predicted octanol–water partition coefficient (Wildman–Crippen LogP) is 2.24. The van der Waals surface area contributed by atoms with Gasteiger partial charge in [-0.3, -0.25) is 0 Å². The van der Waals surface area contributed by atoms with Crippen molar-refractivity contribution < 1.29 is 22.7 Å². The third-order valence-corrected chi connectivity index (χ3v) is 3.35. The molecule has 1 saturated heterocycles. The molecule has 1 aromatic heterocycles. The topological polar surface area (TPSA) is 36.4 Å². The molecule has 1 atom stereocenters. The molecule has 0 radical (unpaired) electrons. The molecule has 1 aliphatic heterocycles. The molecule has 1 fully saturated rings. The highest BCUT2D eigenvalue weighted by atomic mass is 19.2. The Morgan fingerprint density at radius 2 is 1.79 bits per heavy atom. The van der Waals surface area contributed by atoms with Crippen LogP contribution < -0.4 is 4.90 Å². The van der Waals surface area contributed by atoms with Gasteiger partial charge < -0.3 is 10.0 Å². The van der Waals surface area contributed by atoms with E-state index in [1.165, 1.54) is 4.90 Å². The van der Waals surface area contributed by atoms with Gasteiger partial charge in [-0.2, -0.15) is 22.5 Å². The van der Waals surface area contributed by atoms with Crippen LogP contribution in [0.4, 0.5) is 23.2 Å². The Morgan fingerprint density at radius 3 is 2.37 bits per heavy atom. The van der Waals surface area contributed by atoms with Gasteiger partial charge in [-0.05, 0) is 25.2 Å². The van der Waals surface area contributed by atoms with E-state index in [1.54, 1.807) is 0 Å². The van der Waals surface area contributed by atoms with Gasteiger partial charge in [0, 0.05) is 19.7 Å². The van der Waals surface area contributed by atoms with Gasteiger partial charge in [-0.1, -0.05) is 0 Å². The van der Waals surface area contributed by atoms with E-state index in [0.29, 0.717) is 19.4 Å². The number of pyridine rings is 1. The fraction of sp³-hybridized carbons (Fsp3) is 0.583. The summed E-state index contributed by atoms with van der Waals surface area (Å²) in [6.07, 6.45) is 1.96. The average molecular weight is 278 g/mol. The second-order valence-corrected chi connectivity index (χ2v) is 4.64. The lowest BCUT2D eigenvalue weighted by Gasteiger charge is -2.34. The number of rotatable bonds is 3. The predicted molar refractivity (Wildman–Crippen MR) is 60.7 cm³/mol. The van der Waals surface area contributed by atoms with E-state index in [0.717, 1.165) is 6.42 Å². The first kappa shape index (κ1) is 14.0. The van der Waals surface area contributed by atoms with Crippen molar-refractivity contribution in [2.45, 2.75) is 19.3 Å². The van der Waals surface area contributed by atoms with Gasteiger partial charge in [0.05, 0.1) is 0 Å². The standard InChI is InChI=1S/C12H14F4N2O/c13-8-10(9(14)12(16)17-11(8)15)18-4-1-2-7(6-18)3-5-19/h7,19H,1-6H2. The Kier molecular flexibility index (Phi) is 4.24. The maximum Gasteiger partial charge on any atom is 0.253 e. The lowest BCUT2D eigenvalue weighted by molar-refractivity contribution is 0.243. The van der Waals surface area contributed by atoms with Crippen molar-refractivity contribution in [3.8, 4) is 0 Å². The number of aliphatic hydroxyl groups excluding tert-OH is 1. The van der Waals surface area contributed by atoms with Crippen molar-refractivity contribution in [2.24, 2.45) is 5.92 Å². The minimum absolute atomic E-state index is 0.0253. The molecule has 7 heteroatoms. The molecule has 0 spiro atoms. The summed E-state index contributed by atoms with van der Waals surface area (Å²) in [5.74, 6) is -6.17. The molecule has 0 bridgehead atoms. The summed E-state index contributed by atoms with van der Waals surface area (Å²) in [6.45, 7) is 0.554. The Hall–Kier alpha value is -1.37. The van der Waals surface area contributed by atoms with Gasteiger partial charge in [-0.15, -0.1) is 0 Å². The van der Waals surface area contributed by atoms with Crippen LogP contribution in [0.2, 0.25) is 0 Å². The molecule has 0 aromatic carbocycles. The van der Waals surface area contributed by atoms with Crippen LogP contribution in [0, 0.1) is 29.4 Å². The summed E-state index contributed by atoms with van der Waals surface area (Å²) in [7, 11) is 0. The third kappa shape index (κ3) is 2.80. The number of aromatic nitrogens is 1. The van der Waals surface area contributed by atoms with Crippen molar-refractivity contribution in [2.75, 3.05) is 24.6 Å². The highest BCUT2D eigenvalue weighted by Crippen LogP contribution is 2.30. The number of anilines is 1. The average Bonchev–Trinajstić information content (AvgIpc) is 2.38. The van der Waals surface area contributed by atoms with Crippen LogP contribution in [-0.2, 0) is 0 Å². The Balaban J connectivity index is 2.30. The second kappa shape index (κ2) is 5.73. The summed E-state index contributed by atoms with van der Waals surface area (Å²) in [5, 5.41) is 8.88. The molecule has 0 amide bonds. The number of aliphatic hydroxyl groups is 1. The quantitative estimate of drug-likeness (QED) is 0.680. The minimum Gasteiger partial charge on any atom is -0.396 e. The largest absolute Gasteiger partial charge is 0.396 e. The van der Waals surface area contributed by atoms with E-state index in [1.807, 2.05) is 0 Å². The minimum atomic E-state index is -1.64. The molecule has 0 saturated carbocycles. The zero-order valence-electron chi connectivity index (χ0n) is 10.2. The summed E-state index contributed by atoms with van der Waals surface area (Å²) in [4.78, 5) is 3.81. The number of halogens is 4. The van der Waals surface area contributed by atoms with Crippen molar-refractivity contribution in [1.82, 2.24) is 4.98 Å². The second-order valence-electron chi connectivity index (χ2n) is 4.64. The zero-order valence-corrected chi connectivity index (χ0v) is 10.2.